The molecule has 0 aliphatic carbocycles. The van der Waals surface area contributed by atoms with Crippen molar-refractivity contribution in [1.29, 1.82) is 0 Å². The average molecular weight is 287 g/mol. The molecular formula is C14H11BrN2. The van der Waals surface area contributed by atoms with E-state index in [1.807, 2.05) is 37.4 Å². The standard InChI is InChI=1S/C14H11BrN2/c1-17-13-8-7-11(15)9-12(13)16-14(17)10-5-3-2-4-6-10/h2-9H,1H3. The van der Waals surface area contributed by atoms with Gasteiger partial charge in [-0.1, -0.05) is 46.3 Å². The van der Waals surface area contributed by atoms with Crippen LogP contribution in [0.25, 0.3) is 22.4 Å². The van der Waals surface area contributed by atoms with Crippen LogP contribution in [-0.4, -0.2) is 9.55 Å². The summed E-state index contributed by atoms with van der Waals surface area (Å²) in [5, 5.41) is 0. The Hall–Kier alpha value is -1.61. The average Bonchev–Trinajstić information content (AvgIpc) is 2.67. The first-order chi connectivity index (χ1) is 8.25. The van der Waals surface area contributed by atoms with Crippen molar-refractivity contribution in [3.63, 3.8) is 0 Å². The molecule has 3 heteroatoms. The van der Waals surface area contributed by atoms with Crippen LogP contribution in [0.2, 0.25) is 0 Å². The minimum atomic E-state index is 0.999. The SMILES string of the molecule is Cn1c(-c2ccccc2)nc2cc(Br)ccc21. The lowest BCUT2D eigenvalue weighted by atomic mass is 10.2. The molecule has 0 spiro atoms. The van der Waals surface area contributed by atoms with Crippen molar-refractivity contribution in [2.45, 2.75) is 0 Å². The maximum Gasteiger partial charge on any atom is 0.140 e. The Labute approximate surface area is 108 Å². The van der Waals surface area contributed by atoms with Gasteiger partial charge in [0, 0.05) is 17.1 Å². The fourth-order valence-electron chi connectivity index (χ4n) is 2.02. The topological polar surface area (TPSA) is 17.8 Å². The van der Waals surface area contributed by atoms with Crippen LogP contribution in [0.4, 0.5) is 0 Å². The first-order valence-electron chi connectivity index (χ1n) is 5.43. The molecule has 0 radical (unpaired) electrons. The van der Waals surface area contributed by atoms with E-state index in [-0.39, 0.29) is 0 Å². The first kappa shape index (κ1) is 10.5. The van der Waals surface area contributed by atoms with Gasteiger partial charge in [-0.3, -0.25) is 0 Å². The highest BCUT2D eigenvalue weighted by Crippen LogP contribution is 2.25. The molecule has 3 aromatic rings. The molecule has 0 fully saturated rings. The zero-order valence-corrected chi connectivity index (χ0v) is 11.0. The second-order valence-electron chi connectivity index (χ2n) is 3.99. The van der Waals surface area contributed by atoms with Crippen molar-refractivity contribution in [1.82, 2.24) is 9.55 Å². The molecular weight excluding hydrogens is 276 g/mol. The number of nitrogens with zero attached hydrogens (tertiary/aromatic N) is 2. The third-order valence-corrected chi connectivity index (χ3v) is 3.37. The van der Waals surface area contributed by atoms with Crippen LogP contribution in [0.5, 0.6) is 0 Å². The van der Waals surface area contributed by atoms with Crippen LogP contribution >= 0.6 is 15.9 Å². The Kier molecular flexibility index (Phi) is 2.48. The number of aryl methyl sites for hydroxylation is 1. The van der Waals surface area contributed by atoms with E-state index in [4.69, 9.17) is 0 Å². The third kappa shape index (κ3) is 1.76. The minimum Gasteiger partial charge on any atom is -0.327 e. The number of imidazole rings is 1. The van der Waals surface area contributed by atoms with E-state index >= 15 is 0 Å². The van der Waals surface area contributed by atoms with Crippen molar-refractivity contribution < 1.29 is 0 Å². The van der Waals surface area contributed by atoms with Crippen LogP contribution in [-0.2, 0) is 7.05 Å². The van der Waals surface area contributed by atoms with Gasteiger partial charge in [0.25, 0.3) is 0 Å². The third-order valence-electron chi connectivity index (χ3n) is 2.87. The molecule has 0 amide bonds. The lowest BCUT2D eigenvalue weighted by Gasteiger charge is -2.01. The van der Waals surface area contributed by atoms with Crippen molar-refractivity contribution in [3.05, 3.63) is 53.0 Å². The van der Waals surface area contributed by atoms with E-state index in [9.17, 15) is 0 Å². The summed E-state index contributed by atoms with van der Waals surface area (Å²) in [6.07, 6.45) is 0. The number of hydrogen-bond acceptors (Lipinski definition) is 1. The van der Waals surface area contributed by atoms with Gasteiger partial charge < -0.3 is 4.57 Å². The van der Waals surface area contributed by atoms with E-state index in [1.165, 1.54) is 0 Å². The fraction of sp³-hybridized carbons (Fsp3) is 0.0714. The predicted molar refractivity (Wildman–Crippen MR) is 73.9 cm³/mol. The highest BCUT2D eigenvalue weighted by Gasteiger charge is 2.09. The molecule has 0 unspecified atom stereocenters. The van der Waals surface area contributed by atoms with Gasteiger partial charge in [-0.2, -0.15) is 0 Å². The molecule has 84 valence electrons. The van der Waals surface area contributed by atoms with Gasteiger partial charge >= 0.3 is 0 Å². The molecule has 3 rings (SSSR count). The zero-order valence-electron chi connectivity index (χ0n) is 9.39. The summed E-state index contributed by atoms with van der Waals surface area (Å²) in [5.41, 5.74) is 3.30. The zero-order chi connectivity index (χ0) is 11.8. The summed E-state index contributed by atoms with van der Waals surface area (Å²) in [6, 6.07) is 16.4. The van der Waals surface area contributed by atoms with E-state index in [0.717, 1.165) is 26.9 Å². The van der Waals surface area contributed by atoms with Crippen molar-refractivity contribution in [3.8, 4) is 11.4 Å². The number of rotatable bonds is 1. The number of halogens is 1. The molecule has 17 heavy (non-hydrogen) atoms. The van der Waals surface area contributed by atoms with Crippen molar-refractivity contribution >= 4 is 27.0 Å². The Bertz CT molecular complexity index is 671. The number of aromatic nitrogens is 2. The lowest BCUT2D eigenvalue weighted by molar-refractivity contribution is 0.959. The highest BCUT2D eigenvalue weighted by molar-refractivity contribution is 9.10. The molecule has 0 saturated heterocycles. The molecule has 1 aromatic heterocycles. The van der Waals surface area contributed by atoms with Crippen LogP contribution in [0, 0.1) is 0 Å². The monoisotopic (exact) mass is 286 g/mol. The Morgan fingerprint density at radius 3 is 2.59 bits per heavy atom. The molecule has 0 bridgehead atoms. The molecule has 1 heterocycles. The van der Waals surface area contributed by atoms with Crippen LogP contribution in [0.15, 0.2) is 53.0 Å². The summed E-state index contributed by atoms with van der Waals surface area (Å²) < 4.78 is 3.18. The first-order valence-corrected chi connectivity index (χ1v) is 6.22. The van der Waals surface area contributed by atoms with Crippen LogP contribution in [0.3, 0.4) is 0 Å². The molecule has 0 aliphatic rings. The maximum atomic E-state index is 4.68. The van der Waals surface area contributed by atoms with Crippen LogP contribution < -0.4 is 0 Å². The smallest absolute Gasteiger partial charge is 0.140 e. The molecule has 0 saturated carbocycles. The fourth-order valence-corrected chi connectivity index (χ4v) is 2.37. The van der Waals surface area contributed by atoms with Gasteiger partial charge in [0.2, 0.25) is 0 Å². The summed E-state index contributed by atoms with van der Waals surface area (Å²) in [7, 11) is 2.05. The minimum absolute atomic E-state index is 0.999. The molecule has 0 atom stereocenters. The largest absolute Gasteiger partial charge is 0.327 e. The van der Waals surface area contributed by atoms with E-state index in [1.54, 1.807) is 0 Å². The van der Waals surface area contributed by atoms with Gasteiger partial charge in [0.1, 0.15) is 5.82 Å². The molecule has 0 aliphatic heterocycles. The normalized spacial score (nSPS) is 10.9. The van der Waals surface area contributed by atoms with E-state index < -0.39 is 0 Å². The Morgan fingerprint density at radius 1 is 1.06 bits per heavy atom. The lowest BCUT2D eigenvalue weighted by Crippen LogP contribution is -1.91. The summed E-state index contributed by atoms with van der Waals surface area (Å²) in [5.74, 6) is 0.999. The summed E-state index contributed by atoms with van der Waals surface area (Å²) in [6.45, 7) is 0. The molecule has 0 N–H and O–H groups in total. The Balaban J connectivity index is 2.28. The Morgan fingerprint density at radius 2 is 1.82 bits per heavy atom. The number of benzene rings is 2. The molecule has 2 aromatic carbocycles. The van der Waals surface area contributed by atoms with Gasteiger partial charge in [-0.05, 0) is 18.2 Å². The number of hydrogen-bond donors (Lipinski definition) is 0. The second kappa shape index (κ2) is 4.00. The van der Waals surface area contributed by atoms with Crippen LogP contribution in [0.1, 0.15) is 0 Å². The summed E-state index contributed by atoms with van der Waals surface area (Å²) in [4.78, 5) is 4.68. The van der Waals surface area contributed by atoms with Gasteiger partial charge in [-0.15, -0.1) is 0 Å². The van der Waals surface area contributed by atoms with Gasteiger partial charge in [0.15, 0.2) is 0 Å². The van der Waals surface area contributed by atoms with Crippen molar-refractivity contribution in [2.24, 2.45) is 7.05 Å². The van der Waals surface area contributed by atoms with E-state index in [0.29, 0.717) is 0 Å². The van der Waals surface area contributed by atoms with Gasteiger partial charge in [-0.25, -0.2) is 4.98 Å². The van der Waals surface area contributed by atoms with Crippen molar-refractivity contribution in [2.75, 3.05) is 0 Å². The van der Waals surface area contributed by atoms with E-state index in [2.05, 4.69) is 43.7 Å². The predicted octanol–water partition coefficient (Wildman–Crippen LogP) is 4.00. The second-order valence-corrected chi connectivity index (χ2v) is 4.91. The quantitative estimate of drug-likeness (QED) is 0.661. The maximum absolute atomic E-state index is 4.68. The molecule has 2 nitrogen and oxygen atoms in total. The highest BCUT2D eigenvalue weighted by atomic mass is 79.9. The van der Waals surface area contributed by atoms with Gasteiger partial charge in [0.05, 0.1) is 11.0 Å². The number of fused-ring (bicyclic) bond motifs is 1. The summed E-state index contributed by atoms with van der Waals surface area (Å²) >= 11 is 3.47.